The van der Waals surface area contributed by atoms with Crippen LogP contribution in [0.2, 0.25) is 0 Å². The van der Waals surface area contributed by atoms with Crippen LogP contribution in [-0.2, 0) is 10.0 Å². The third-order valence-electron chi connectivity index (χ3n) is 2.56. The van der Waals surface area contributed by atoms with Crippen molar-refractivity contribution >= 4 is 15.7 Å². The number of aliphatic hydroxyl groups is 1. The summed E-state index contributed by atoms with van der Waals surface area (Å²) in [7, 11) is -2.22. The number of benzene rings is 1. The molecule has 0 aromatic heterocycles. The fourth-order valence-corrected chi connectivity index (χ4v) is 3.16. The van der Waals surface area contributed by atoms with Gasteiger partial charge in [0.15, 0.2) is 0 Å². The van der Waals surface area contributed by atoms with Crippen LogP contribution in [0.1, 0.15) is 20.3 Å². The fraction of sp³-hybridized carbons (Fsp3) is 0.500. The molecule has 7 heteroatoms. The lowest BCUT2D eigenvalue weighted by Crippen LogP contribution is -2.35. The van der Waals surface area contributed by atoms with Gasteiger partial charge in [-0.25, -0.2) is 13.1 Å². The van der Waals surface area contributed by atoms with Crippen LogP contribution in [0.15, 0.2) is 23.1 Å². The summed E-state index contributed by atoms with van der Waals surface area (Å²) in [4.78, 5) is 0.00532. The number of hydrogen-bond donors (Lipinski definition) is 3. The number of nitrogen functional groups attached to an aromatic ring is 1. The van der Waals surface area contributed by atoms with Gasteiger partial charge in [0, 0.05) is 12.1 Å². The molecule has 0 fully saturated rings. The van der Waals surface area contributed by atoms with E-state index in [0.29, 0.717) is 12.2 Å². The van der Waals surface area contributed by atoms with Crippen LogP contribution in [0.3, 0.4) is 0 Å². The Labute approximate surface area is 113 Å². The zero-order valence-corrected chi connectivity index (χ0v) is 12.1. The van der Waals surface area contributed by atoms with Crippen LogP contribution in [-0.4, -0.2) is 32.8 Å². The third kappa shape index (κ3) is 4.38. The van der Waals surface area contributed by atoms with E-state index in [9.17, 15) is 13.5 Å². The Morgan fingerprint density at radius 1 is 1.42 bits per heavy atom. The second-order valence-electron chi connectivity index (χ2n) is 4.51. The lowest BCUT2D eigenvalue weighted by Gasteiger charge is -2.16. The molecule has 0 heterocycles. The van der Waals surface area contributed by atoms with Gasteiger partial charge in [0.2, 0.25) is 10.0 Å². The smallest absolute Gasteiger partial charge is 0.242 e. The van der Waals surface area contributed by atoms with Gasteiger partial charge in [0.05, 0.1) is 18.9 Å². The number of hydrogen-bond acceptors (Lipinski definition) is 5. The standard InChI is InChI=1S/C12H20N2O4S/c1-8(6-9(2)15)14-19(16,17)12-5-4-10(18-3)7-11(12)13/h4-5,7-9,14-15H,6,13H2,1-3H3. The van der Waals surface area contributed by atoms with Gasteiger partial charge in [-0.1, -0.05) is 0 Å². The molecular formula is C12H20N2O4S. The van der Waals surface area contributed by atoms with Crippen LogP contribution >= 0.6 is 0 Å². The highest BCUT2D eigenvalue weighted by molar-refractivity contribution is 7.89. The molecule has 2 atom stereocenters. The van der Waals surface area contributed by atoms with Gasteiger partial charge in [-0.3, -0.25) is 0 Å². The molecular weight excluding hydrogens is 268 g/mol. The molecule has 2 unspecified atom stereocenters. The molecule has 0 spiro atoms. The molecule has 0 aliphatic rings. The van der Waals surface area contributed by atoms with E-state index in [1.54, 1.807) is 13.8 Å². The van der Waals surface area contributed by atoms with Gasteiger partial charge in [0.1, 0.15) is 10.6 Å². The highest BCUT2D eigenvalue weighted by Crippen LogP contribution is 2.23. The number of nitrogens with one attached hydrogen (secondary N) is 1. The zero-order chi connectivity index (χ0) is 14.6. The molecule has 19 heavy (non-hydrogen) atoms. The molecule has 0 radical (unpaired) electrons. The number of methoxy groups -OCH3 is 1. The fourth-order valence-electron chi connectivity index (χ4n) is 1.79. The predicted molar refractivity (Wildman–Crippen MR) is 73.5 cm³/mol. The summed E-state index contributed by atoms with van der Waals surface area (Å²) in [6.07, 6.45) is -0.249. The molecule has 1 aromatic carbocycles. The Bertz CT molecular complexity index is 529. The van der Waals surface area contributed by atoms with Gasteiger partial charge < -0.3 is 15.6 Å². The first kappa shape index (κ1) is 15.7. The minimum Gasteiger partial charge on any atom is -0.497 e. The van der Waals surface area contributed by atoms with E-state index in [4.69, 9.17) is 10.5 Å². The Morgan fingerprint density at radius 2 is 2.05 bits per heavy atom. The number of ether oxygens (including phenoxy) is 1. The van der Waals surface area contributed by atoms with Crippen LogP contribution in [0.5, 0.6) is 5.75 Å². The lowest BCUT2D eigenvalue weighted by atomic mass is 10.2. The van der Waals surface area contributed by atoms with Crippen molar-refractivity contribution in [3.8, 4) is 5.75 Å². The Hall–Kier alpha value is -1.31. The molecule has 0 saturated carbocycles. The van der Waals surface area contributed by atoms with Crippen molar-refractivity contribution < 1.29 is 18.3 Å². The molecule has 6 nitrogen and oxygen atoms in total. The van der Waals surface area contributed by atoms with Crippen LogP contribution in [0.25, 0.3) is 0 Å². The van der Waals surface area contributed by atoms with Gasteiger partial charge in [-0.2, -0.15) is 0 Å². The average Bonchev–Trinajstić information content (AvgIpc) is 2.26. The highest BCUT2D eigenvalue weighted by Gasteiger charge is 2.21. The number of sulfonamides is 1. The summed E-state index contributed by atoms with van der Waals surface area (Å²) in [5.74, 6) is 0.494. The molecule has 1 rings (SSSR count). The predicted octanol–water partition coefficient (Wildman–Crippen LogP) is 0.715. The minimum atomic E-state index is -3.70. The average molecular weight is 288 g/mol. The minimum absolute atomic E-state index is 0.00532. The molecule has 108 valence electrons. The number of nitrogens with two attached hydrogens (primary N) is 1. The second-order valence-corrected chi connectivity index (χ2v) is 6.19. The molecule has 0 aliphatic carbocycles. The van der Waals surface area contributed by atoms with Crippen molar-refractivity contribution in [1.82, 2.24) is 4.72 Å². The molecule has 4 N–H and O–H groups in total. The first-order valence-electron chi connectivity index (χ1n) is 5.90. The Balaban J connectivity index is 2.94. The van der Waals surface area contributed by atoms with Crippen molar-refractivity contribution in [2.75, 3.05) is 12.8 Å². The lowest BCUT2D eigenvalue weighted by molar-refractivity contribution is 0.175. The quantitative estimate of drug-likeness (QED) is 0.669. The van der Waals surface area contributed by atoms with Crippen molar-refractivity contribution in [2.45, 2.75) is 37.3 Å². The molecule has 0 aliphatic heterocycles. The van der Waals surface area contributed by atoms with Crippen molar-refractivity contribution in [1.29, 1.82) is 0 Å². The third-order valence-corrected chi connectivity index (χ3v) is 4.22. The van der Waals surface area contributed by atoms with Crippen molar-refractivity contribution in [2.24, 2.45) is 0 Å². The van der Waals surface area contributed by atoms with Crippen molar-refractivity contribution in [3.05, 3.63) is 18.2 Å². The van der Waals surface area contributed by atoms with E-state index in [0.717, 1.165) is 0 Å². The maximum absolute atomic E-state index is 12.1. The second kappa shape index (κ2) is 6.23. The first-order chi connectivity index (χ1) is 8.76. The molecule has 0 amide bonds. The van der Waals surface area contributed by atoms with Gasteiger partial charge in [-0.05, 0) is 32.4 Å². The maximum Gasteiger partial charge on any atom is 0.242 e. The highest BCUT2D eigenvalue weighted by atomic mass is 32.2. The summed E-state index contributed by atoms with van der Waals surface area (Å²) in [5, 5.41) is 9.24. The maximum atomic E-state index is 12.1. The first-order valence-corrected chi connectivity index (χ1v) is 7.38. The summed E-state index contributed by atoms with van der Waals surface area (Å²) in [5.41, 5.74) is 5.83. The van der Waals surface area contributed by atoms with E-state index in [2.05, 4.69) is 4.72 Å². The summed E-state index contributed by atoms with van der Waals surface area (Å²) in [6, 6.07) is 4.00. The monoisotopic (exact) mass is 288 g/mol. The molecule has 0 saturated heterocycles. The van der Waals surface area contributed by atoms with Crippen LogP contribution in [0.4, 0.5) is 5.69 Å². The Kier molecular flexibility index (Phi) is 5.16. The number of anilines is 1. The van der Waals surface area contributed by atoms with Crippen LogP contribution < -0.4 is 15.2 Å². The van der Waals surface area contributed by atoms with Gasteiger partial charge in [0.25, 0.3) is 0 Å². The molecule has 1 aromatic rings. The number of rotatable bonds is 6. The topological polar surface area (TPSA) is 102 Å². The zero-order valence-electron chi connectivity index (χ0n) is 11.3. The van der Waals surface area contributed by atoms with Gasteiger partial charge in [-0.15, -0.1) is 0 Å². The largest absolute Gasteiger partial charge is 0.497 e. The van der Waals surface area contributed by atoms with Crippen molar-refractivity contribution in [3.63, 3.8) is 0 Å². The summed E-state index contributed by atoms with van der Waals surface area (Å²) in [6.45, 7) is 3.29. The van der Waals surface area contributed by atoms with E-state index in [-0.39, 0.29) is 16.6 Å². The van der Waals surface area contributed by atoms with E-state index < -0.39 is 16.1 Å². The Morgan fingerprint density at radius 3 is 2.53 bits per heavy atom. The number of aliphatic hydroxyl groups excluding tert-OH is 1. The van der Waals surface area contributed by atoms with Gasteiger partial charge >= 0.3 is 0 Å². The van der Waals surface area contributed by atoms with E-state index >= 15 is 0 Å². The SMILES string of the molecule is COc1ccc(S(=O)(=O)NC(C)CC(C)O)c(N)c1. The molecule has 0 bridgehead atoms. The van der Waals surface area contributed by atoms with Crippen LogP contribution in [0, 0.1) is 0 Å². The van der Waals surface area contributed by atoms with E-state index in [1.165, 1.54) is 25.3 Å². The summed E-state index contributed by atoms with van der Waals surface area (Å²) >= 11 is 0. The normalized spacial score (nSPS) is 14.9. The summed E-state index contributed by atoms with van der Waals surface area (Å²) < 4.78 is 31.7. The van der Waals surface area contributed by atoms with E-state index in [1.807, 2.05) is 0 Å².